The Balaban J connectivity index is 1.79. The Morgan fingerprint density at radius 1 is 1.22 bits per heavy atom. The van der Waals surface area contributed by atoms with Crippen molar-refractivity contribution in [2.75, 3.05) is 14.1 Å². The first kappa shape index (κ1) is 16.1. The predicted molar refractivity (Wildman–Crippen MR) is 80.5 cm³/mol. The number of amides is 2. The molecule has 2 aliphatic rings. The van der Waals surface area contributed by atoms with Crippen molar-refractivity contribution >= 4 is 11.8 Å². The van der Waals surface area contributed by atoms with Crippen molar-refractivity contribution in [2.45, 2.75) is 37.9 Å². The molecule has 0 aromatic heterocycles. The van der Waals surface area contributed by atoms with E-state index in [0.717, 1.165) is 0 Å². The minimum atomic E-state index is -1.08. The van der Waals surface area contributed by atoms with E-state index >= 15 is 0 Å². The van der Waals surface area contributed by atoms with Gasteiger partial charge in [-0.05, 0) is 39.6 Å². The number of carbonyl (C=O) groups is 2. The summed E-state index contributed by atoms with van der Waals surface area (Å²) in [6.45, 7) is 1.86. The molecule has 0 unspecified atom stereocenters. The van der Waals surface area contributed by atoms with Gasteiger partial charge < -0.3 is 14.7 Å². The Hall–Kier alpha value is -1.80. The van der Waals surface area contributed by atoms with Gasteiger partial charge in [0.15, 0.2) is 0 Å². The minimum absolute atomic E-state index is 0.161. The van der Waals surface area contributed by atoms with Gasteiger partial charge in [0, 0.05) is 6.04 Å². The largest absolute Gasteiger partial charge is 0.386 e. The van der Waals surface area contributed by atoms with Crippen molar-refractivity contribution in [1.82, 2.24) is 9.96 Å². The lowest BCUT2D eigenvalue weighted by Crippen LogP contribution is -2.56. The monoisotopic (exact) mass is 320 g/mol. The zero-order chi connectivity index (χ0) is 16.7. The Bertz CT molecular complexity index is 598. The summed E-state index contributed by atoms with van der Waals surface area (Å²) in [5.74, 6) is -1.08. The van der Waals surface area contributed by atoms with Crippen LogP contribution in [-0.4, -0.2) is 65.5 Å². The second-order valence-corrected chi connectivity index (χ2v) is 6.13. The maximum Gasteiger partial charge on any atom is 0.285 e. The molecule has 1 aromatic rings. The van der Waals surface area contributed by atoms with Gasteiger partial charge in [0.05, 0.1) is 17.2 Å². The smallest absolute Gasteiger partial charge is 0.285 e. The van der Waals surface area contributed by atoms with Crippen LogP contribution in [-0.2, 0) is 9.57 Å². The normalized spacial score (nSPS) is 30.9. The van der Waals surface area contributed by atoms with Crippen LogP contribution in [0.15, 0.2) is 24.3 Å². The van der Waals surface area contributed by atoms with Gasteiger partial charge in [0.1, 0.15) is 6.10 Å². The van der Waals surface area contributed by atoms with Crippen LogP contribution < -0.4 is 0 Å². The summed E-state index contributed by atoms with van der Waals surface area (Å²) in [7, 11) is 3.70. The molecule has 0 spiro atoms. The summed E-state index contributed by atoms with van der Waals surface area (Å²) >= 11 is 0. The number of nitrogens with zero attached hydrogens (tertiary/aromatic N) is 2. The predicted octanol–water partition coefficient (Wildman–Crippen LogP) is 0.640. The molecule has 7 nitrogen and oxygen atoms in total. The van der Waals surface area contributed by atoms with E-state index in [1.165, 1.54) is 0 Å². The zero-order valence-corrected chi connectivity index (χ0v) is 13.3. The molecule has 2 heterocycles. The Morgan fingerprint density at radius 3 is 2.30 bits per heavy atom. The van der Waals surface area contributed by atoms with Crippen LogP contribution in [0.5, 0.6) is 0 Å². The average molecular weight is 320 g/mol. The second-order valence-electron chi connectivity index (χ2n) is 6.13. The van der Waals surface area contributed by atoms with E-state index in [4.69, 9.17) is 9.57 Å². The van der Waals surface area contributed by atoms with Gasteiger partial charge in [-0.3, -0.25) is 9.59 Å². The van der Waals surface area contributed by atoms with Crippen LogP contribution in [0.3, 0.4) is 0 Å². The first-order valence-corrected chi connectivity index (χ1v) is 7.54. The number of aliphatic hydroxyl groups is 1. The molecule has 4 atom stereocenters. The van der Waals surface area contributed by atoms with E-state index in [1.807, 2.05) is 25.9 Å². The first-order chi connectivity index (χ1) is 10.9. The van der Waals surface area contributed by atoms with Crippen LogP contribution in [0.25, 0.3) is 0 Å². The summed E-state index contributed by atoms with van der Waals surface area (Å²) in [6.07, 6.45) is -1.57. The van der Waals surface area contributed by atoms with E-state index in [0.29, 0.717) is 22.6 Å². The fourth-order valence-electron chi connectivity index (χ4n) is 3.00. The summed E-state index contributed by atoms with van der Waals surface area (Å²) in [5.41, 5.74) is 0.583. The third-order valence-corrected chi connectivity index (χ3v) is 4.24. The van der Waals surface area contributed by atoms with Crippen molar-refractivity contribution in [3.8, 4) is 0 Å². The SMILES string of the molecule is C[C@@H]1C[C@H](N(C)C)[C@@H](O)[C@H](ON2C(=O)c3ccccc3C2=O)O1. The highest BCUT2D eigenvalue weighted by Crippen LogP contribution is 2.28. The summed E-state index contributed by atoms with van der Waals surface area (Å²) in [5, 5.41) is 11.1. The molecular formula is C16H20N2O5. The highest BCUT2D eigenvalue weighted by molar-refractivity contribution is 6.20. The lowest BCUT2D eigenvalue weighted by molar-refractivity contribution is -0.305. The molecule has 2 amide bonds. The number of benzene rings is 1. The van der Waals surface area contributed by atoms with E-state index < -0.39 is 24.2 Å². The Labute approximate surface area is 134 Å². The minimum Gasteiger partial charge on any atom is -0.386 e. The molecule has 0 bridgehead atoms. The molecule has 0 saturated carbocycles. The van der Waals surface area contributed by atoms with E-state index in [2.05, 4.69) is 0 Å². The van der Waals surface area contributed by atoms with Gasteiger partial charge in [-0.2, -0.15) is 0 Å². The molecule has 124 valence electrons. The number of rotatable bonds is 3. The molecule has 1 fully saturated rings. The number of fused-ring (bicyclic) bond motifs is 1. The van der Waals surface area contributed by atoms with Gasteiger partial charge >= 0.3 is 0 Å². The highest BCUT2D eigenvalue weighted by Gasteiger charge is 2.44. The molecule has 1 saturated heterocycles. The number of imide groups is 1. The highest BCUT2D eigenvalue weighted by atomic mass is 16.8. The van der Waals surface area contributed by atoms with Crippen molar-refractivity contribution in [3.63, 3.8) is 0 Å². The molecule has 0 radical (unpaired) electrons. The quantitative estimate of drug-likeness (QED) is 0.824. The van der Waals surface area contributed by atoms with Gasteiger partial charge in [0.2, 0.25) is 6.29 Å². The summed E-state index contributed by atoms with van der Waals surface area (Å²) < 4.78 is 5.59. The third kappa shape index (κ3) is 2.76. The first-order valence-electron chi connectivity index (χ1n) is 7.54. The molecule has 1 N–H and O–H groups in total. The van der Waals surface area contributed by atoms with E-state index in [9.17, 15) is 14.7 Å². The molecule has 2 aliphatic heterocycles. The maximum absolute atomic E-state index is 12.3. The van der Waals surface area contributed by atoms with E-state index in [1.54, 1.807) is 24.3 Å². The lowest BCUT2D eigenvalue weighted by atomic mass is 9.99. The zero-order valence-electron chi connectivity index (χ0n) is 13.3. The number of hydrogen-bond acceptors (Lipinski definition) is 6. The number of hydrogen-bond donors (Lipinski definition) is 1. The molecule has 0 aliphatic carbocycles. The molecule has 1 aromatic carbocycles. The van der Waals surface area contributed by atoms with E-state index in [-0.39, 0.29) is 12.1 Å². The summed E-state index contributed by atoms with van der Waals surface area (Å²) in [4.78, 5) is 32.0. The topological polar surface area (TPSA) is 79.3 Å². The molecular weight excluding hydrogens is 300 g/mol. The Kier molecular flexibility index (Phi) is 4.20. The van der Waals surface area contributed by atoms with Crippen molar-refractivity contribution < 1.29 is 24.3 Å². The molecule has 23 heavy (non-hydrogen) atoms. The Morgan fingerprint density at radius 2 is 1.78 bits per heavy atom. The number of aliphatic hydroxyl groups excluding tert-OH is 1. The maximum atomic E-state index is 12.3. The van der Waals surface area contributed by atoms with Crippen LogP contribution in [0, 0.1) is 0 Å². The standard InChI is InChI=1S/C16H20N2O5/c1-9-8-12(17(2)3)13(19)16(22-9)23-18-14(20)10-6-4-5-7-11(10)15(18)21/h4-7,9,12-13,16,19H,8H2,1-3H3/t9-,12+,13-,16+/m1/s1. The summed E-state index contributed by atoms with van der Waals surface area (Å²) in [6, 6.07) is 6.33. The fraction of sp³-hybridized carbons (Fsp3) is 0.500. The number of ether oxygens (including phenoxy) is 1. The van der Waals surface area contributed by atoms with Gasteiger partial charge in [-0.1, -0.05) is 12.1 Å². The third-order valence-electron chi connectivity index (χ3n) is 4.24. The molecule has 7 heteroatoms. The number of likely N-dealkylation sites (N-methyl/N-ethyl adjacent to an activating group) is 1. The number of hydroxylamine groups is 2. The van der Waals surface area contributed by atoms with Crippen LogP contribution >= 0.6 is 0 Å². The fourth-order valence-corrected chi connectivity index (χ4v) is 3.00. The lowest BCUT2D eigenvalue weighted by Gasteiger charge is -2.41. The van der Waals surface area contributed by atoms with Gasteiger partial charge in [-0.25, -0.2) is 4.84 Å². The van der Waals surface area contributed by atoms with Gasteiger partial charge in [-0.15, -0.1) is 5.06 Å². The van der Waals surface area contributed by atoms with Crippen molar-refractivity contribution in [2.24, 2.45) is 0 Å². The van der Waals surface area contributed by atoms with Crippen LogP contribution in [0.1, 0.15) is 34.1 Å². The number of carbonyl (C=O) groups excluding carboxylic acids is 2. The van der Waals surface area contributed by atoms with Crippen LogP contribution in [0.4, 0.5) is 0 Å². The second kappa shape index (κ2) is 6.01. The molecule has 3 rings (SSSR count). The average Bonchev–Trinajstić information content (AvgIpc) is 2.76. The van der Waals surface area contributed by atoms with Crippen molar-refractivity contribution in [3.05, 3.63) is 35.4 Å². The van der Waals surface area contributed by atoms with Gasteiger partial charge in [0.25, 0.3) is 11.8 Å². The van der Waals surface area contributed by atoms with Crippen molar-refractivity contribution in [1.29, 1.82) is 0 Å². The van der Waals surface area contributed by atoms with Crippen LogP contribution in [0.2, 0.25) is 0 Å².